The average molecular weight is 205 g/mol. The number of carbonyl (C=O) groups is 1. The fourth-order valence-corrected chi connectivity index (χ4v) is 1.89. The molecular formula is C12H15NO2. The van der Waals surface area contributed by atoms with Gasteiger partial charge in [0.2, 0.25) is 5.91 Å². The van der Waals surface area contributed by atoms with Gasteiger partial charge in [-0.3, -0.25) is 4.79 Å². The maximum atomic E-state index is 11.4. The van der Waals surface area contributed by atoms with Crippen molar-refractivity contribution >= 4 is 5.91 Å². The van der Waals surface area contributed by atoms with Crippen molar-refractivity contribution in [2.75, 3.05) is 13.1 Å². The van der Waals surface area contributed by atoms with Crippen LogP contribution in [0.15, 0.2) is 30.3 Å². The third-order valence-electron chi connectivity index (χ3n) is 2.75. The largest absolute Gasteiger partial charge is 0.387 e. The van der Waals surface area contributed by atoms with Crippen LogP contribution in [0.25, 0.3) is 0 Å². The molecule has 1 aromatic rings. The summed E-state index contributed by atoms with van der Waals surface area (Å²) in [5.74, 6) is 0.157. The van der Waals surface area contributed by atoms with Gasteiger partial charge in [-0.25, -0.2) is 0 Å². The molecular weight excluding hydrogens is 190 g/mol. The number of carbonyl (C=O) groups excluding carboxylic acids is 1. The van der Waals surface area contributed by atoms with E-state index in [0.29, 0.717) is 13.0 Å². The maximum Gasteiger partial charge on any atom is 0.222 e. The first-order valence-corrected chi connectivity index (χ1v) is 5.28. The van der Waals surface area contributed by atoms with Crippen LogP contribution < -0.4 is 0 Å². The summed E-state index contributed by atoms with van der Waals surface area (Å²) in [6, 6.07) is 9.46. The molecule has 0 unspecified atom stereocenters. The second kappa shape index (κ2) is 4.45. The lowest BCUT2D eigenvalue weighted by Crippen LogP contribution is -2.29. The maximum absolute atomic E-state index is 11.4. The highest BCUT2D eigenvalue weighted by atomic mass is 16.3. The predicted molar refractivity (Wildman–Crippen MR) is 57.2 cm³/mol. The molecule has 80 valence electrons. The molecule has 1 aliphatic rings. The van der Waals surface area contributed by atoms with Gasteiger partial charge in [-0.2, -0.15) is 0 Å². The minimum absolute atomic E-state index is 0.157. The standard InChI is InChI=1S/C12H15NO2/c14-11(10-5-2-1-3-6-10)9-13-8-4-7-12(13)15/h1-3,5-6,11,14H,4,7-9H2/t11-/m1/s1. The van der Waals surface area contributed by atoms with Crippen LogP contribution in [0.1, 0.15) is 24.5 Å². The molecule has 0 saturated carbocycles. The summed E-state index contributed by atoms with van der Waals surface area (Å²) < 4.78 is 0. The lowest BCUT2D eigenvalue weighted by Gasteiger charge is -2.19. The summed E-state index contributed by atoms with van der Waals surface area (Å²) in [6.07, 6.45) is 0.982. The van der Waals surface area contributed by atoms with Crippen molar-refractivity contribution in [3.63, 3.8) is 0 Å². The first-order chi connectivity index (χ1) is 7.27. The van der Waals surface area contributed by atoms with Crippen molar-refractivity contribution in [3.8, 4) is 0 Å². The molecule has 0 aliphatic carbocycles. The average Bonchev–Trinajstić information content (AvgIpc) is 2.66. The van der Waals surface area contributed by atoms with Gasteiger partial charge >= 0.3 is 0 Å². The number of nitrogens with zero attached hydrogens (tertiary/aromatic N) is 1. The van der Waals surface area contributed by atoms with E-state index in [1.54, 1.807) is 4.90 Å². The van der Waals surface area contributed by atoms with E-state index in [4.69, 9.17) is 0 Å². The monoisotopic (exact) mass is 205 g/mol. The summed E-state index contributed by atoms with van der Waals surface area (Å²) in [6.45, 7) is 1.20. The van der Waals surface area contributed by atoms with Crippen LogP contribution in [0.3, 0.4) is 0 Å². The minimum atomic E-state index is -0.562. The summed E-state index contributed by atoms with van der Waals surface area (Å²) >= 11 is 0. The van der Waals surface area contributed by atoms with Crippen LogP contribution in [0.5, 0.6) is 0 Å². The van der Waals surface area contributed by atoms with Crippen LogP contribution in [0.2, 0.25) is 0 Å². The minimum Gasteiger partial charge on any atom is -0.387 e. The number of β-amino-alcohol motifs (C(OH)–C–C–N with tert-alkyl or cyclic N) is 1. The van der Waals surface area contributed by atoms with E-state index in [1.165, 1.54) is 0 Å². The molecule has 1 heterocycles. The Bertz CT molecular complexity index is 337. The SMILES string of the molecule is O=C1CCCN1C[C@@H](O)c1ccccc1. The number of aliphatic hydroxyl groups excluding tert-OH is 1. The Hall–Kier alpha value is -1.35. The Labute approximate surface area is 89.3 Å². The van der Waals surface area contributed by atoms with Crippen LogP contribution in [0.4, 0.5) is 0 Å². The van der Waals surface area contributed by atoms with Crippen molar-refractivity contribution in [1.29, 1.82) is 0 Å². The zero-order valence-electron chi connectivity index (χ0n) is 8.60. The Balaban J connectivity index is 1.98. The van der Waals surface area contributed by atoms with Crippen molar-refractivity contribution in [1.82, 2.24) is 4.90 Å². The van der Waals surface area contributed by atoms with Gasteiger partial charge in [0.1, 0.15) is 0 Å². The molecule has 1 aliphatic heterocycles. The number of amides is 1. The van der Waals surface area contributed by atoms with Crippen molar-refractivity contribution < 1.29 is 9.90 Å². The molecule has 0 bridgehead atoms. The van der Waals surface area contributed by atoms with Gasteiger partial charge < -0.3 is 10.0 Å². The molecule has 0 spiro atoms. The summed E-state index contributed by atoms with van der Waals surface area (Å²) in [5, 5.41) is 9.90. The van der Waals surface area contributed by atoms with E-state index in [9.17, 15) is 9.90 Å². The fourth-order valence-electron chi connectivity index (χ4n) is 1.89. The topological polar surface area (TPSA) is 40.5 Å². The quantitative estimate of drug-likeness (QED) is 0.809. The predicted octanol–water partition coefficient (Wildman–Crippen LogP) is 1.34. The molecule has 1 aromatic carbocycles. The normalized spacial score (nSPS) is 18.2. The molecule has 3 nitrogen and oxygen atoms in total. The van der Waals surface area contributed by atoms with E-state index in [1.807, 2.05) is 30.3 Å². The van der Waals surface area contributed by atoms with Crippen LogP contribution in [0, 0.1) is 0 Å². The van der Waals surface area contributed by atoms with Gasteiger partial charge in [-0.15, -0.1) is 0 Å². The van der Waals surface area contributed by atoms with Crippen LogP contribution in [-0.2, 0) is 4.79 Å². The van der Waals surface area contributed by atoms with Crippen molar-refractivity contribution in [2.45, 2.75) is 18.9 Å². The van der Waals surface area contributed by atoms with Gasteiger partial charge in [0, 0.05) is 13.0 Å². The van der Waals surface area contributed by atoms with Crippen LogP contribution in [-0.4, -0.2) is 29.0 Å². The van der Waals surface area contributed by atoms with E-state index in [0.717, 1.165) is 18.5 Å². The summed E-state index contributed by atoms with van der Waals surface area (Å²) in [7, 11) is 0. The summed E-state index contributed by atoms with van der Waals surface area (Å²) in [4.78, 5) is 13.1. The lowest BCUT2D eigenvalue weighted by atomic mass is 10.1. The van der Waals surface area contributed by atoms with Gasteiger partial charge in [-0.05, 0) is 12.0 Å². The highest BCUT2D eigenvalue weighted by molar-refractivity contribution is 5.78. The smallest absolute Gasteiger partial charge is 0.222 e. The molecule has 1 amide bonds. The molecule has 1 fully saturated rings. The van der Waals surface area contributed by atoms with E-state index in [2.05, 4.69) is 0 Å². The van der Waals surface area contributed by atoms with Crippen molar-refractivity contribution in [3.05, 3.63) is 35.9 Å². The molecule has 1 N–H and O–H groups in total. The highest BCUT2D eigenvalue weighted by Gasteiger charge is 2.22. The van der Waals surface area contributed by atoms with Gasteiger partial charge in [0.05, 0.1) is 12.6 Å². The molecule has 2 rings (SSSR count). The Morgan fingerprint density at radius 1 is 1.33 bits per heavy atom. The Kier molecular flexibility index (Phi) is 3.02. The third-order valence-corrected chi connectivity index (χ3v) is 2.75. The third kappa shape index (κ3) is 2.36. The number of rotatable bonds is 3. The second-order valence-corrected chi connectivity index (χ2v) is 3.87. The molecule has 3 heteroatoms. The molecule has 0 aromatic heterocycles. The van der Waals surface area contributed by atoms with Gasteiger partial charge in [0.25, 0.3) is 0 Å². The lowest BCUT2D eigenvalue weighted by molar-refractivity contribution is -0.128. The number of likely N-dealkylation sites (tertiary alicyclic amines) is 1. The molecule has 15 heavy (non-hydrogen) atoms. The van der Waals surface area contributed by atoms with E-state index in [-0.39, 0.29) is 5.91 Å². The number of benzene rings is 1. The Morgan fingerprint density at radius 2 is 2.07 bits per heavy atom. The first kappa shape index (κ1) is 10.2. The number of hydrogen-bond acceptors (Lipinski definition) is 2. The highest BCUT2D eigenvalue weighted by Crippen LogP contribution is 2.17. The number of hydrogen-bond donors (Lipinski definition) is 1. The Morgan fingerprint density at radius 3 is 2.67 bits per heavy atom. The first-order valence-electron chi connectivity index (χ1n) is 5.28. The second-order valence-electron chi connectivity index (χ2n) is 3.87. The summed E-state index contributed by atoms with van der Waals surface area (Å²) in [5.41, 5.74) is 0.872. The van der Waals surface area contributed by atoms with Gasteiger partial charge in [0.15, 0.2) is 0 Å². The number of aliphatic hydroxyl groups is 1. The van der Waals surface area contributed by atoms with E-state index < -0.39 is 6.10 Å². The molecule has 1 atom stereocenters. The van der Waals surface area contributed by atoms with E-state index >= 15 is 0 Å². The zero-order chi connectivity index (χ0) is 10.7. The van der Waals surface area contributed by atoms with Crippen LogP contribution >= 0.6 is 0 Å². The molecule has 0 radical (unpaired) electrons. The fraction of sp³-hybridized carbons (Fsp3) is 0.417. The zero-order valence-corrected chi connectivity index (χ0v) is 8.60. The molecule has 1 saturated heterocycles. The van der Waals surface area contributed by atoms with Gasteiger partial charge in [-0.1, -0.05) is 30.3 Å². The van der Waals surface area contributed by atoms with Crippen molar-refractivity contribution in [2.24, 2.45) is 0 Å².